The number of rotatable bonds is 3. The van der Waals surface area contributed by atoms with Gasteiger partial charge in [-0.05, 0) is 13.8 Å². The van der Waals surface area contributed by atoms with Gasteiger partial charge in [0.05, 0.1) is 12.6 Å². The molecule has 5 heteroatoms. The van der Waals surface area contributed by atoms with Crippen LogP contribution >= 0.6 is 0 Å². The number of carbonyl (C=O) groups is 1. The van der Waals surface area contributed by atoms with Crippen LogP contribution in [-0.2, 0) is 0 Å². The molecule has 1 aromatic heterocycles. The Bertz CT molecular complexity index is 344. The second kappa shape index (κ2) is 3.71. The average molecular weight is 195 g/mol. The molecule has 0 saturated heterocycles. The lowest BCUT2D eigenvalue weighted by Crippen LogP contribution is -2.42. The third-order valence-corrected chi connectivity index (χ3v) is 1.66. The molecule has 14 heavy (non-hydrogen) atoms. The first-order valence-electron chi connectivity index (χ1n) is 4.15. The van der Waals surface area contributed by atoms with Gasteiger partial charge >= 0.3 is 0 Å². The fraction of sp³-hybridized carbons (Fsp3) is 0.444. The van der Waals surface area contributed by atoms with Crippen LogP contribution in [0.4, 0.5) is 0 Å². The highest BCUT2D eigenvalue weighted by atomic mass is 16.5. The van der Waals surface area contributed by atoms with Crippen LogP contribution in [0, 0.1) is 0 Å². The molecule has 76 valence electrons. The maximum absolute atomic E-state index is 11.7. The van der Waals surface area contributed by atoms with Crippen LogP contribution in [0.2, 0.25) is 0 Å². The van der Waals surface area contributed by atoms with Gasteiger partial charge in [-0.25, -0.2) is 9.97 Å². The third kappa shape index (κ3) is 2.05. The summed E-state index contributed by atoms with van der Waals surface area (Å²) >= 11 is 0. The maximum Gasteiger partial charge on any atom is 0.243 e. The first-order valence-corrected chi connectivity index (χ1v) is 4.15. The molecule has 1 heterocycles. The van der Waals surface area contributed by atoms with Gasteiger partial charge in [-0.3, -0.25) is 4.79 Å². The zero-order chi connectivity index (χ0) is 10.8. The molecule has 0 bridgehead atoms. The first kappa shape index (κ1) is 10.6. The molecule has 0 amide bonds. The van der Waals surface area contributed by atoms with Crippen molar-refractivity contribution in [2.45, 2.75) is 19.4 Å². The Morgan fingerprint density at radius 3 is 2.50 bits per heavy atom. The van der Waals surface area contributed by atoms with Gasteiger partial charge in [0.15, 0.2) is 5.69 Å². The quantitative estimate of drug-likeness (QED) is 0.706. The lowest BCUT2D eigenvalue weighted by atomic mass is 9.98. The summed E-state index contributed by atoms with van der Waals surface area (Å²) in [7, 11) is 1.43. The van der Waals surface area contributed by atoms with Crippen molar-refractivity contribution in [2.24, 2.45) is 5.73 Å². The van der Waals surface area contributed by atoms with E-state index in [0.717, 1.165) is 0 Å². The predicted molar refractivity (Wildman–Crippen MR) is 51.2 cm³/mol. The van der Waals surface area contributed by atoms with Crippen molar-refractivity contribution in [3.63, 3.8) is 0 Å². The molecule has 0 fully saturated rings. The minimum Gasteiger partial charge on any atom is -0.479 e. The number of nitrogens with zero attached hydrogens (tertiary/aromatic N) is 2. The van der Waals surface area contributed by atoms with E-state index >= 15 is 0 Å². The second-order valence-corrected chi connectivity index (χ2v) is 3.47. The molecule has 0 aliphatic heterocycles. The molecule has 1 rings (SSSR count). The van der Waals surface area contributed by atoms with Gasteiger partial charge in [-0.15, -0.1) is 0 Å². The molecule has 1 aromatic rings. The van der Waals surface area contributed by atoms with E-state index in [9.17, 15) is 4.79 Å². The second-order valence-electron chi connectivity index (χ2n) is 3.47. The topological polar surface area (TPSA) is 78.1 Å². The van der Waals surface area contributed by atoms with Gasteiger partial charge in [0, 0.05) is 12.4 Å². The normalized spacial score (nSPS) is 11.1. The van der Waals surface area contributed by atoms with Crippen LogP contribution in [0.15, 0.2) is 12.4 Å². The van der Waals surface area contributed by atoms with E-state index < -0.39 is 5.54 Å². The van der Waals surface area contributed by atoms with E-state index in [2.05, 4.69) is 9.97 Å². The molecule has 0 aliphatic rings. The van der Waals surface area contributed by atoms with Crippen molar-refractivity contribution in [1.29, 1.82) is 0 Å². The molecule has 0 radical (unpaired) electrons. The Morgan fingerprint density at radius 1 is 1.43 bits per heavy atom. The fourth-order valence-corrected chi connectivity index (χ4v) is 0.936. The number of hydrogen-bond donors (Lipinski definition) is 1. The Balaban J connectivity index is 3.13. The smallest absolute Gasteiger partial charge is 0.243 e. The first-order chi connectivity index (χ1) is 6.46. The van der Waals surface area contributed by atoms with Crippen LogP contribution in [-0.4, -0.2) is 28.4 Å². The maximum atomic E-state index is 11.7. The van der Waals surface area contributed by atoms with Gasteiger partial charge in [0.25, 0.3) is 0 Å². The van der Waals surface area contributed by atoms with Crippen molar-refractivity contribution >= 4 is 5.78 Å². The molecule has 0 saturated carbocycles. The summed E-state index contributed by atoms with van der Waals surface area (Å²) in [6, 6.07) is 0. The van der Waals surface area contributed by atoms with Crippen molar-refractivity contribution in [2.75, 3.05) is 7.11 Å². The minimum absolute atomic E-state index is 0.169. The minimum atomic E-state index is -0.969. The Labute approximate surface area is 82.3 Å². The molecule has 0 atom stereocenters. The highest BCUT2D eigenvalue weighted by Crippen LogP contribution is 2.16. The van der Waals surface area contributed by atoms with Crippen LogP contribution in [0.3, 0.4) is 0 Å². The van der Waals surface area contributed by atoms with Gasteiger partial charge in [-0.2, -0.15) is 0 Å². The lowest BCUT2D eigenvalue weighted by Gasteiger charge is -2.16. The van der Waals surface area contributed by atoms with E-state index in [-0.39, 0.29) is 17.4 Å². The fourth-order valence-electron chi connectivity index (χ4n) is 0.936. The third-order valence-electron chi connectivity index (χ3n) is 1.66. The van der Waals surface area contributed by atoms with Gasteiger partial charge in [0.1, 0.15) is 0 Å². The summed E-state index contributed by atoms with van der Waals surface area (Å²) in [5.74, 6) is -0.0847. The Morgan fingerprint density at radius 2 is 2.00 bits per heavy atom. The summed E-state index contributed by atoms with van der Waals surface area (Å²) in [6.07, 6.45) is 2.89. The predicted octanol–water partition coefficient (Wildman–Crippen LogP) is 0.405. The molecule has 0 spiro atoms. The molecule has 0 aromatic carbocycles. The van der Waals surface area contributed by atoms with Gasteiger partial charge < -0.3 is 10.5 Å². The molecular formula is C9H13N3O2. The average Bonchev–Trinajstić information content (AvgIpc) is 2.15. The lowest BCUT2D eigenvalue weighted by molar-refractivity contribution is 0.0904. The zero-order valence-corrected chi connectivity index (χ0v) is 8.44. The number of hydrogen-bond acceptors (Lipinski definition) is 5. The molecule has 0 unspecified atom stereocenters. The standard InChI is InChI=1S/C9H13N3O2/c1-9(2,10)7(13)6-8(14-3)12-5-4-11-6/h4-5H,10H2,1-3H3. The number of Topliss-reactive ketones (excluding diaryl/α,β-unsaturated/α-hetero) is 1. The van der Waals surface area contributed by atoms with Gasteiger partial charge in [-0.1, -0.05) is 0 Å². The number of ether oxygens (including phenoxy) is 1. The van der Waals surface area contributed by atoms with E-state index in [0.29, 0.717) is 0 Å². The van der Waals surface area contributed by atoms with E-state index in [1.54, 1.807) is 13.8 Å². The molecule has 5 nitrogen and oxygen atoms in total. The number of ketones is 1. The molecular weight excluding hydrogens is 182 g/mol. The van der Waals surface area contributed by atoms with Crippen molar-refractivity contribution < 1.29 is 9.53 Å². The molecule has 0 aliphatic carbocycles. The number of nitrogens with two attached hydrogens (primary N) is 1. The number of aromatic nitrogens is 2. The zero-order valence-electron chi connectivity index (χ0n) is 8.44. The largest absolute Gasteiger partial charge is 0.479 e. The SMILES string of the molecule is COc1nccnc1C(=O)C(C)(C)N. The Hall–Kier alpha value is -1.49. The number of carbonyl (C=O) groups excluding carboxylic acids is 1. The van der Waals surface area contributed by atoms with E-state index in [1.165, 1.54) is 19.5 Å². The van der Waals surface area contributed by atoms with Gasteiger partial charge in [0.2, 0.25) is 11.7 Å². The summed E-state index contributed by atoms with van der Waals surface area (Å²) in [6.45, 7) is 3.23. The highest BCUT2D eigenvalue weighted by molar-refractivity contribution is 6.02. The van der Waals surface area contributed by atoms with E-state index in [4.69, 9.17) is 10.5 Å². The monoisotopic (exact) mass is 195 g/mol. The number of methoxy groups -OCH3 is 1. The summed E-state index contributed by atoms with van der Waals surface area (Å²) in [5, 5.41) is 0. The summed E-state index contributed by atoms with van der Waals surface area (Å²) in [4.78, 5) is 19.5. The van der Waals surface area contributed by atoms with Crippen molar-refractivity contribution in [1.82, 2.24) is 9.97 Å². The Kier molecular flexibility index (Phi) is 2.81. The summed E-state index contributed by atoms with van der Waals surface area (Å²) in [5.41, 5.74) is 4.86. The van der Waals surface area contributed by atoms with Crippen LogP contribution in [0.1, 0.15) is 24.3 Å². The van der Waals surface area contributed by atoms with Crippen molar-refractivity contribution in [3.8, 4) is 5.88 Å². The van der Waals surface area contributed by atoms with Crippen molar-refractivity contribution in [3.05, 3.63) is 18.1 Å². The molecule has 2 N–H and O–H groups in total. The van der Waals surface area contributed by atoms with Crippen LogP contribution < -0.4 is 10.5 Å². The van der Waals surface area contributed by atoms with E-state index in [1.807, 2.05) is 0 Å². The summed E-state index contributed by atoms with van der Waals surface area (Å²) < 4.78 is 4.91. The van der Waals surface area contributed by atoms with Crippen LogP contribution in [0.25, 0.3) is 0 Å². The highest BCUT2D eigenvalue weighted by Gasteiger charge is 2.27. The van der Waals surface area contributed by atoms with Crippen LogP contribution in [0.5, 0.6) is 5.88 Å².